The lowest BCUT2D eigenvalue weighted by atomic mass is 10.1. The summed E-state index contributed by atoms with van der Waals surface area (Å²) < 4.78 is 12.7. The van der Waals surface area contributed by atoms with Crippen molar-refractivity contribution in [2.75, 3.05) is 19.6 Å². The Morgan fingerprint density at radius 1 is 1.41 bits per heavy atom. The summed E-state index contributed by atoms with van der Waals surface area (Å²) >= 11 is 0. The first-order chi connectivity index (χ1) is 7.66. The number of nitrogens with zero attached hydrogens (tertiary/aromatic N) is 1. The maximum absolute atomic E-state index is 12.7. The van der Waals surface area contributed by atoms with Crippen molar-refractivity contribution in [2.45, 2.75) is 13.0 Å². The third kappa shape index (κ3) is 3.41. The zero-order chi connectivity index (χ0) is 11.5. The van der Waals surface area contributed by atoms with Crippen molar-refractivity contribution in [1.82, 2.24) is 10.2 Å². The van der Waals surface area contributed by atoms with Gasteiger partial charge in [0.1, 0.15) is 5.82 Å². The minimum Gasteiger partial charge on any atom is -0.336 e. The molecule has 0 unspecified atom stereocenters. The molecule has 1 atom stereocenters. The zero-order valence-corrected chi connectivity index (χ0v) is 10.5. The Kier molecular flexibility index (Phi) is 4.90. The first kappa shape index (κ1) is 13.9. The lowest BCUT2D eigenvalue weighted by Crippen LogP contribution is -2.51. The molecule has 2 rings (SSSR count). The van der Waals surface area contributed by atoms with Gasteiger partial charge in [-0.05, 0) is 31.2 Å². The number of piperazine rings is 1. The van der Waals surface area contributed by atoms with Crippen LogP contribution in [-0.2, 0) is 0 Å². The first-order valence-electron chi connectivity index (χ1n) is 5.45. The Morgan fingerprint density at radius 3 is 2.65 bits per heavy atom. The van der Waals surface area contributed by atoms with Gasteiger partial charge in [0.05, 0.1) is 0 Å². The molecule has 17 heavy (non-hydrogen) atoms. The lowest BCUT2D eigenvalue weighted by Gasteiger charge is -2.31. The van der Waals surface area contributed by atoms with Crippen molar-refractivity contribution in [1.29, 1.82) is 0 Å². The van der Waals surface area contributed by atoms with Gasteiger partial charge in [-0.3, -0.25) is 4.79 Å². The van der Waals surface area contributed by atoms with Gasteiger partial charge in [-0.2, -0.15) is 0 Å². The maximum atomic E-state index is 12.7. The number of halogens is 2. The molecule has 1 aliphatic rings. The fourth-order valence-electron chi connectivity index (χ4n) is 1.89. The van der Waals surface area contributed by atoms with Crippen LogP contribution in [0.2, 0.25) is 0 Å². The molecule has 5 heteroatoms. The van der Waals surface area contributed by atoms with Crippen molar-refractivity contribution in [2.24, 2.45) is 0 Å². The first-order valence-corrected chi connectivity index (χ1v) is 5.45. The van der Waals surface area contributed by atoms with Gasteiger partial charge in [0, 0.05) is 31.2 Å². The van der Waals surface area contributed by atoms with Crippen LogP contribution in [0.5, 0.6) is 0 Å². The second kappa shape index (κ2) is 5.98. The zero-order valence-electron chi connectivity index (χ0n) is 9.65. The van der Waals surface area contributed by atoms with E-state index in [1.54, 1.807) is 4.90 Å². The summed E-state index contributed by atoms with van der Waals surface area (Å²) in [5.41, 5.74) is 0.551. The standard InChI is InChI=1S/C12H15FN2O.ClH/c1-9-8-15(7-6-14-9)12(16)10-2-4-11(13)5-3-10;/h2-5,9,14H,6-8H2,1H3;1H/t9-;/m0./s1. The van der Waals surface area contributed by atoms with Crippen LogP contribution in [0.4, 0.5) is 4.39 Å². The van der Waals surface area contributed by atoms with Gasteiger partial charge < -0.3 is 10.2 Å². The summed E-state index contributed by atoms with van der Waals surface area (Å²) in [6.45, 7) is 4.27. The molecule has 1 amide bonds. The second-order valence-electron chi connectivity index (χ2n) is 4.11. The van der Waals surface area contributed by atoms with E-state index in [1.165, 1.54) is 24.3 Å². The topological polar surface area (TPSA) is 32.3 Å². The summed E-state index contributed by atoms with van der Waals surface area (Å²) in [7, 11) is 0. The molecule has 0 saturated carbocycles. The average molecular weight is 259 g/mol. The van der Waals surface area contributed by atoms with E-state index < -0.39 is 0 Å². The number of amides is 1. The maximum Gasteiger partial charge on any atom is 0.253 e. The van der Waals surface area contributed by atoms with Gasteiger partial charge in [0.15, 0.2) is 0 Å². The molecule has 3 nitrogen and oxygen atoms in total. The second-order valence-corrected chi connectivity index (χ2v) is 4.11. The van der Waals surface area contributed by atoms with E-state index in [2.05, 4.69) is 5.32 Å². The molecule has 1 saturated heterocycles. The van der Waals surface area contributed by atoms with Crippen LogP contribution in [0.1, 0.15) is 17.3 Å². The smallest absolute Gasteiger partial charge is 0.253 e. The van der Waals surface area contributed by atoms with E-state index in [4.69, 9.17) is 0 Å². The third-order valence-electron chi connectivity index (χ3n) is 2.75. The fourth-order valence-corrected chi connectivity index (χ4v) is 1.89. The van der Waals surface area contributed by atoms with Crippen molar-refractivity contribution in [3.05, 3.63) is 35.6 Å². The van der Waals surface area contributed by atoms with Gasteiger partial charge in [0.25, 0.3) is 5.91 Å². The average Bonchev–Trinajstić information content (AvgIpc) is 2.29. The molecule has 0 aliphatic carbocycles. The molecular weight excluding hydrogens is 243 g/mol. The Balaban J connectivity index is 0.00000144. The number of hydrogen-bond donors (Lipinski definition) is 1. The van der Waals surface area contributed by atoms with Crippen LogP contribution in [-0.4, -0.2) is 36.5 Å². The number of rotatable bonds is 1. The van der Waals surface area contributed by atoms with Crippen molar-refractivity contribution in [3.63, 3.8) is 0 Å². The molecular formula is C12H16ClFN2O. The molecule has 1 aliphatic heterocycles. The summed E-state index contributed by atoms with van der Waals surface area (Å²) in [6.07, 6.45) is 0. The van der Waals surface area contributed by atoms with Crippen molar-refractivity contribution >= 4 is 18.3 Å². The number of carbonyl (C=O) groups excluding carboxylic acids is 1. The van der Waals surface area contributed by atoms with Gasteiger partial charge >= 0.3 is 0 Å². The van der Waals surface area contributed by atoms with Crippen LogP contribution in [0, 0.1) is 5.82 Å². The molecule has 1 aromatic rings. The summed E-state index contributed by atoms with van der Waals surface area (Å²) in [5.74, 6) is -0.335. The molecule has 0 bridgehead atoms. The lowest BCUT2D eigenvalue weighted by molar-refractivity contribution is 0.0709. The van der Waals surface area contributed by atoms with Gasteiger partial charge in [-0.15, -0.1) is 12.4 Å². The van der Waals surface area contributed by atoms with Crippen LogP contribution in [0.3, 0.4) is 0 Å². The summed E-state index contributed by atoms with van der Waals surface area (Å²) in [4.78, 5) is 13.8. The molecule has 0 radical (unpaired) electrons. The highest BCUT2D eigenvalue weighted by molar-refractivity contribution is 5.94. The minimum absolute atomic E-state index is 0. The largest absolute Gasteiger partial charge is 0.336 e. The van der Waals surface area contributed by atoms with Crippen LogP contribution < -0.4 is 5.32 Å². The Hall–Kier alpha value is -1.13. The highest BCUT2D eigenvalue weighted by atomic mass is 35.5. The quantitative estimate of drug-likeness (QED) is 0.831. The third-order valence-corrected chi connectivity index (χ3v) is 2.75. The predicted molar refractivity (Wildman–Crippen MR) is 67.0 cm³/mol. The Morgan fingerprint density at radius 2 is 2.06 bits per heavy atom. The normalized spacial score (nSPS) is 19.6. The Labute approximate surface area is 106 Å². The van der Waals surface area contributed by atoms with E-state index in [1.807, 2.05) is 6.92 Å². The molecule has 1 N–H and O–H groups in total. The van der Waals surface area contributed by atoms with E-state index >= 15 is 0 Å². The molecule has 1 heterocycles. The fraction of sp³-hybridized carbons (Fsp3) is 0.417. The van der Waals surface area contributed by atoms with E-state index in [-0.39, 0.29) is 24.1 Å². The van der Waals surface area contributed by atoms with Crippen LogP contribution in [0.25, 0.3) is 0 Å². The van der Waals surface area contributed by atoms with E-state index in [9.17, 15) is 9.18 Å². The molecule has 94 valence electrons. The van der Waals surface area contributed by atoms with Crippen molar-refractivity contribution in [3.8, 4) is 0 Å². The SMILES string of the molecule is C[C@H]1CN(C(=O)c2ccc(F)cc2)CCN1.Cl. The van der Waals surface area contributed by atoms with Gasteiger partial charge in [0.2, 0.25) is 0 Å². The minimum atomic E-state index is -0.315. The molecule has 0 spiro atoms. The van der Waals surface area contributed by atoms with Crippen LogP contribution >= 0.6 is 12.4 Å². The monoisotopic (exact) mass is 258 g/mol. The summed E-state index contributed by atoms with van der Waals surface area (Å²) in [5, 5.41) is 3.27. The highest BCUT2D eigenvalue weighted by Gasteiger charge is 2.21. The summed E-state index contributed by atoms with van der Waals surface area (Å²) in [6, 6.07) is 6.02. The Bertz CT molecular complexity index is 383. The van der Waals surface area contributed by atoms with E-state index in [0.29, 0.717) is 24.7 Å². The van der Waals surface area contributed by atoms with E-state index in [0.717, 1.165) is 6.54 Å². The highest BCUT2D eigenvalue weighted by Crippen LogP contribution is 2.09. The molecule has 1 aromatic carbocycles. The van der Waals surface area contributed by atoms with Crippen molar-refractivity contribution < 1.29 is 9.18 Å². The number of nitrogens with one attached hydrogen (secondary N) is 1. The number of carbonyl (C=O) groups is 1. The molecule has 1 fully saturated rings. The number of benzene rings is 1. The predicted octanol–water partition coefficient (Wildman–Crippen LogP) is 1.68. The molecule has 0 aromatic heterocycles. The van der Waals surface area contributed by atoms with Crippen LogP contribution in [0.15, 0.2) is 24.3 Å². The van der Waals surface area contributed by atoms with Gasteiger partial charge in [-0.25, -0.2) is 4.39 Å². The number of hydrogen-bond acceptors (Lipinski definition) is 2. The van der Waals surface area contributed by atoms with Gasteiger partial charge in [-0.1, -0.05) is 0 Å².